The van der Waals surface area contributed by atoms with E-state index in [1.54, 1.807) is 0 Å². The second-order valence-electron chi connectivity index (χ2n) is 6.66. The summed E-state index contributed by atoms with van der Waals surface area (Å²) in [6, 6.07) is 1.55. The summed E-state index contributed by atoms with van der Waals surface area (Å²) in [6.07, 6.45) is 10.6. The highest BCUT2D eigenvalue weighted by atomic mass is 16.6. The van der Waals surface area contributed by atoms with Crippen LogP contribution in [0.15, 0.2) is 0 Å². The third kappa shape index (κ3) is 2.10. The molecule has 0 bridgehead atoms. The van der Waals surface area contributed by atoms with Gasteiger partial charge in [-0.2, -0.15) is 0 Å². The van der Waals surface area contributed by atoms with Crippen molar-refractivity contribution < 1.29 is 9.47 Å². The Kier molecular flexibility index (Phi) is 3.10. The smallest absolute Gasteiger partial charge is 0.104 e. The Morgan fingerprint density at radius 2 is 1.83 bits per heavy atom. The van der Waals surface area contributed by atoms with Gasteiger partial charge in [-0.05, 0) is 38.0 Å². The van der Waals surface area contributed by atoms with Crippen molar-refractivity contribution in [2.75, 3.05) is 13.2 Å². The zero-order chi connectivity index (χ0) is 11.9. The molecule has 0 amide bonds. The van der Waals surface area contributed by atoms with Crippen LogP contribution in [0.3, 0.4) is 0 Å². The summed E-state index contributed by atoms with van der Waals surface area (Å²) in [5.41, 5.74) is 0. The van der Waals surface area contributed by atoms with E-state index in [0.717, 1.165) is 37.1 Å². The quantitative estimate of drug-likeness (QED) is 0.780. The standard InChI is InChI=1S/C15H25NO2/c1-2-5-12-11(4-1)15-13(16-12)6-3-7-14(15)18-9-10-8-17-10/h10-16H,1-9H2. The third-order valence-electron chi connectivity index (χ3n) is 5.54. The van der Waals surface area contributed by atoms with E-state index >= 15 is 0 Å². The van der Waals surface area contributed by atoms with Gasteiger partial charge in [-0.15, -0.1) is 0 Å². The fraction of sp³-hybridized carbons (Fsp3) is 1.00. The zero-order valence-electron chi connectivity index (χ0n) is 11.1. The van der Waals surface area contributed by atoms with E-state index in [2.05, 4.69) is 5.32 Å². The highest BCUT2D eigenvalue weighted by Crippen LogP contribution is 2.45. The first-order chi connectivity index (χ1) is 8.92. The summed E-state index contributed by atoms with van der Waals surface area (Å²) in [6.45, 7) is 1.76. The highest BCUT2D eigenvalue weighted by Gasteiger charge is 2.49. The van der Waals surface area contributed by atoms with E-state index < -0.39 is 0 Å². The maximum absolute atomic E-state index is 6.20. The van der Waals surface area contributed by atoms with Crippen molar-refractivity contribution in [3.8, 4) is 0 Å². The molecule has 0 spiro atoms. The largest absolute Gasteiger partial charge is 0.375 e. The van der Waals surface area contributed by atoms with Gasteiger partial charge in [0.1, 0.15) is 6.10 Å². The molecule has 4 rings (SSSR count). The fourth-order valence-electron chi connectivity index (χ4n) is 4.64. The molecule has 4 fully saturated rings. The summed E-state index contributed by atoms with van der Waals surface area (Å²) < 4.78 is 11.5. The lowest BCUT2D eigenvalue weighted by molar-refractivity contribution is -0.0352. The normalized spacial score (nSPS) is 50.7. The molecule has 6 unspecified atom stereocenters. The third-order valence-corrected chi connectivity index (χ3v) is 5.54. The average molecular weight is 251 g/mol. The molecule has 2 heterocycles. The van der Waals surface area contributed by atoms with Crippen molar-refractivity contribution in [2.24, 2.45) is 11.8 Å². The lowest BCUT2D eigenvalue weighted by Gasteiger charge is -2.37. The molecule has 2 aliphatic carbocycles. The molecule has 2 saturated heterocycles. The average Bonchev–Trinajstić information content (AvgIpc) is 3.15. The van der Waals surface area contributed by atoms with Gasteiger partial charge in [0.05, 0.1) is 19.3 Å². The van der Waals surface area contributed by atoms with E-state index in [1.165, 1.54) is 44.9 Å². The van der Waals surface area contributed by atoms with Gasteiger partial charge in [0.2, 0.25) is 0 Å². The minimum atomic E-state index is 0.418. The SMILES string of the molecule is C1CCC2C(C1)NC1CCCC(OCC3CO3)C12. The highest BCUT2D eigenvalue weighted by molar-refractivity contribution is 5.03. The Bertz CT molecular complexity index is 305. The van der Waals surface area contributed by atoms with Gasteiger partial charge in [0.15, 0.2) is 0 Å². The fourth-order valence-corrected chi connectivity index (χ4v) is 4.64. The van der Waals surface area contributed by atoms with E-state index in [0.29, 0.717) is 12.2 Å². The topological polar surface area (TPSA) is 33.8 Å². The predicted molar refractivity (Wildman–Crippen MR) is 69.5 cm³/mol. The molecule has 3 nitrogen and oxygen atoms in total. The molecule has 2 saturated carbocycles. The number of rotatable bonds is 3. The van der Waals surface area contributed by atoms with Crippen molar-refractivity contribution in [3.05, 3.63) is 0 Å². The molecule has 0 radical (unpaired) electrons. The first-order valence-electron chi connectivity index (χ1n) is 7.91. The first kappa shape index (κ1) is 11.7. The Balaban J connectivity index is 1.45. The monoisotopic (exact) mass is 251 g/mol. The molecule has 102 valence electrons. The number of nitrogens with one attached hydrogen (secondary N) is 1. The summed E-state index contributed by atoms with van der Waals surface area (Å²) >= 11 is 0. The van der Waals surface area contributed by atoms with E-state index in [4.69, 9.17) is 9.47 Å². The number of hydrogen-bond acceptors (Lipinski definition) is 3. The Labute approximate surface area is 110 Å². The summed E-state index contributed by atoms with van der Waals surface area (Å²) in [4.78, 5) is 0. The van der Waals surface area contributed by atoms with Gasteiger partial charge in [-0.1, -0.05) is 12.8 Å². The van der Waals surface area contributed by atoms with Crippen LogP contribution in [0.25, 0.3) is 0 Å². The van der Waals surface area contributed by atoms with Crippen LogP contribution in [0.5, 0.6) is 0 Å². The van der Waals surface area contributed by atoms with Crippen LogP contribution in [-0.2, 0) is 9.47 Å². The molecular formula is C15H25NO2. The lowest BCUT2D eigenvalue weighted by Crippen LogP contribution is -2.41. The minimum Gasteiger partial charge on any atom is -0.375 e. The van der Waals surface area contributed by atoms with Gasteiger partial charge in [-0.25, -0.2) is 0 Å². The molecule has 1 N–H and O–H groups in total. The van der Waals surface area contributed by atoms with Crippen LogP contribution in [0.1, 0.15) is 44.9 Å². The first-order valence-corrected chi connectivity index (χ1v) is 7.91. The second kappa shape index (κ2) is 4.77. The molecule has 18 heavy (non-hydrogen) atoms. The van der Waals surface area contributed by atoms with Gasteiger partial charge in [0, 0.05) is 18.0 Å². The van der Waals surface area contributed by atoms with E-state index in [1.807, 2.05) is 0 Å². The van der Waals surface area contributed by atoms with Crippen molar-refractivity contribution in [1.82, 2.24) is 5.32 Å². The maximum atomic E-state index is 6.20. The molecule has 6 atom stereocenters. The van der Waals surface area contributed by atoms with Gasteiger partial charge in [0.25, 0.3) is 0 Å². The zero-order valence-corrected chi connectivity index (χ0v) is 11.1. The van der Waals surface area contributed by atoms with Crippen LogP contribution in [0, 0.1) is 11.8 Å². The molecule has 0 aromatic heterocycles. The van der Waals surface area contributed by atoms with Crippen LogP contribution in [-0.4, -0.2) is 37.5 Å². The van der Waals surface area contributed by atoms with Crippen molar-refractivity contribution in [2.45, 2.75) is 69.2 Å². The number of ether oxygens (including phenoxy) is 2. The van der Waals surface area contributed by atoms with Gasteiger partial charge >= 0.3 is 0 Å². The molecule has 0 aromatic rings. The molecular weight excluding hydrogens is 226 g/mol. The molecule has 2 aliphatic heterocycles. The lowest BCUT2D eigenvalue weighted by atomic mass is 9.72. The molecule has 0 aromatic carbocycles. The number of epoxide rings is 1. The van der Waals surface area contributed by atoms with Crippen molar-refractivity contribution in [3.63, 3.8) is 0 Å². The Morgan fingerprint density at radius 1 is 1.00 bits per heavy atom. The minimum absolute atomic E-state index is 0.418. The summed E-state index contributed by atoms with van der Waals surface area (Å²) in [5, 5.41) is 3.92. The Morgan fingerprint density at radius 3 is 2.72 bits per heavy atom. The van der Waals surface area contributed by atoms with E-state index in [9.17, 15) is 0 Å². The molecule has 4 aliphatic rings. The van der Waals surface area contributed by atoms with Crippen LogP contribution in [0.4, 0.5) is 0 Å². The van der Waals surface area contributed by atoms with Gasteiger partial charge in [-0.3, -0.25) is 0 Å². The Hall–Kier alpha value is -0.120. The van der Waals surface area contributed by atoms with Crippen molar-refractivity contribution >= 4 is 0 Å². The summed E-state index contributed by atoms with van der Waals surface area (Å²) in [5.74, 6) is 1.69. The second-order valence-corrected chi connectivity index (χ2v) is 6.66. The van der Waals surface area contributed by atoms with Crippen LogP contribution >= 0.6 is 0 Å². The van der Waals surface area contributed by atoms with Crippen LogP contribution < -0.4 is 5.32 Å². The van der Waals surface area contributed by atoms with E-state index in [-0.39, 0.29) is 0 Å². The number of hydrogen-bond donors (Lipinski definition) is 1. The summed E-state index contributed by atoms with van der Waals surface area (Å²) in [7, 11) is 0. The predicted octanol–water partition coefficient (Wildman–Crippen LogP) is 2.10. The maximum Gasteiger partial charge on any atom is 0.104 e. The number of fused-ring (bicyclic) bond motifs is 3. The van der Waals surface area contributed by atoms with Crippen LogP contribution in [0.2, 0.25) is 0 Å². The molecule has 3 heteroatoms. The van der Waals surface area contributed by atoms with Crippen molar-refractivity contribution in [1.29, 1.82) is 0 Å². The van der Waals surface area contributed by atoms with Gasteiger partial charge < -0.3 is 14.8 Å².